The molecule has 0 fully saturated rings. The van der Waals surface area contributed by atoms with Gasteiger partial charge >= 0.3 is 0 Å². The fourth-order valence-corrected chi connectivity index (χ4v) is 4.92. The first kappa shape index (κ1) is 19.9. The Morgan fingerprint density at radius 3 is 2.54 bits per heavy atom. The van der Waals surface area contributed by atoms with Gasteiger partial charge in [-0.05, 0) is 36.8 Å². The highest BCUT2D eigenvalue weighted by molar-refractivity contribution is 7.92. The largest absolute Gasteiger partial charge is 0.497 e. The maximum Gasteiger partial charge on any atom is 0.265 e. The predicted octanol–water partition coefficient (Wildman–Crippen LogP) is 3.38. The van der Waals surface area contributed by atoms with Crippen molar-refractivity contribution in [1.29, 1.82) is 0 Å². The molecule has 28 heavy (non-hydrogen) atoms. The van der Waals surface area contributed by atoms with Gasteiger partial charge in [0.25, 0.3) is 10.0 Å². The molecule has 0 bridgehead atoms. The minimum Gasteiger partial charge on any atom is -0.497 e. The highest BCUT2D eigenvalue weighted by Gasteiger charge is 2.21. The molecule has 0 radical (unpaired) electrons. The summed E-state index contributed by atoms with van der Waals surface area (Å²) in [6.07, 6.45) is 0. The lowest BCUT2D eigenvalue weighted by Crippen LogP contribution is -2.14. The number of fused-ring (bicyclic) bond motifs is 1. The number of carbonyl (C=O) groups excluding carboxylic acids is 1. The maximum atomic E-state index is 12.9. The summed E-state index contributed by atoms with van der Waals surface area (Å²) >= 11 is 1.27. The van der Waals surface area contributed by atoms with Crippen LogP contribution in [0.4, 0.5) is 10.8 Å². The monoisotopic (exact) mass is 421 g/mol. The van der Waals surface area contributed by atoms with Gasteiger partial charge < -0.3 is 14.8 Å². The fourth-order valence-electron chi connectivity index (χ4n) is 2.66. The average molecular weight is 422 g/mol. The molecule has 1 aromatic heterocycles. The molecule has 1 amide bonds. The van der Waals surface area contributed by atoms with E-state index in [-0.39, 0.29) is 16.6 Å². The number of rotatable bonds is 6. The minimum absolute atomic E-state index is 0.0321. The number of thiazole rings is 1. The van der Waals surface area contributed by atoms with E-state index in [9.17, 15) is 13.2 Å². The van der Waals surface area contributed by atoms with E-state index in [1.165, 1.54) is 44.6 Å². The summed E-state index contributed by atoms with van der Waals surface area (Å²) in [6, 6.07) is 7.91. The molecular weight excluding hydrogens is 402 g/mol. The quantitative estimate of drug-likeness (QED) is 0.632. The summed E-state index contributed by atoms with van der Waals surface area (Å²) in [6.45, 7) is 3.23. The van der Waals surface area contributed by atoms with Crippen LogP contribution in [-0.2, 0) is 14.8 Å². The van der Waals surface area contributed by atoms with E-state index in [4.69, 9.17) is 9.47 Å². The summed E-state index contributed by atoms with van der Waals surface area (Å²) in [4.78, 5) is 15.6. The van der Waals surface area contributed by atoms with Crippen molar-refractivity contribution in [2.24, 2.45) is 0 Å². The van der Waals surface area contributed by atoms with E-state index < -0.39 is 10.0 Å². The van der Waals surface area contributed by atoms with Crippen LogP contribution in [0.25, 0.3) is 10.2 Å². The average Bonchev–Trinajstić information content (AvgIpc) is 3.02. The van der Waals surface area contributed by atoms with Gasteiger partial charge in [0.2, 0.25) is 5.91 Å². The van der Waals surface area contributed by atoms with Crippen LogP contribution >= 0.6 is 11.3 Å². The van der Waals surface area contributed by atoms with Gasteiger partial charge in [0.15, 0.2) is 5.13 Å². The molecule has 148 valence electrons. The van der Waals surface area contributed by atoms with Gasteiger partial charge in [0, 0.05) is 13.0 Å². The van der Waals surface area contributed by atoms with Crippen molar-refractivity contribution >= 4 is 48.3 Å². The van der Waals surface area contributed by atoms with Crippen LogP contribution in [0.2, 0.25) is 0 Å². The maximum absolute atomic E-state index is 12.9. The van der Waals surface area contributed by atoms with Gasteiger partial charge in [-0.2, -0.15) is 0 Å². The molecule has 2 aromatic carbocycles. The molecule has 0 spiro atoms. The minimum atomic E-state index is -3.93. The number of benzene rings is 2. The zero-order valence-electron chi connectivity index (χ0n) is 15.7. The third kappa shape index (κ3) is 4.02. The standard InChI is InChI=1S/C18H19N3O5S2/c1-10-7-12(8-15-17(10)20-18(27-15)19-11(2)22)21-28(23,24)16-9-13(25-3)5-6-14(16)26-4/h5-9,21H,1-4H3,(H,19,20,22). The Morgan fingerprint density at radius 2 is 1.89 bits per heavy atom. The summed E-state index contributed by atoms with van der Waals surface area (Å²) in [5.74, 6) is 0.384. The Kier molecular flexibility index (Phi) is 5.43. The van der Waals surface area contributed by atoms with Crippen molar-refractivity contribution in [1.82, 2.24) is 4.98 Å². The number of nitrogens with one attached hydrogen (secondary N) is 2. The zero-order valence-corrected chi connectivity index (χ0v) is 17.3. The molecular formula is C18H19N3O5S2. The van der Waals surface area contributed by atoms with Crippen LogP contribution in [0.1, 0.15) is 12.5 Å². The van der Waals surface area contributed by atoms with Crippen LogP contribution in [0.15, 0.2) is 35.2 Å². The van der Waals surface area contributed by atoms with Crippen molar-refractivity contribution in [2.75, 3.05) is 24.3 Å². The second-order valence-electron chi connectivity index (χ2n) is 5.96. The predicted molar refractivity (Wildman–Crippen MR) is 109 cm³/mol. The second kappa shape index (κ2) is 7.64. The lowest BCUT2D eigenvalue weighted by molar-refractivity contribution is -0.114. The molecule has 3 aromatic rings. The van der Waals surface area contributed by atoms with Crippen LogP contribution in [0.3, 0.4) is 0 Å². The van der Waals surface area contributed by atoms with Crippen molar-refractivity contribution in [3.05, 3.63) is 35.9 Å². The Morgan fingerprint density at radius 1 is 1.14 bits per heavy atom. The van der Waals surface area contributed by atoms with E-state index in [1.54, 1.807) is 18.2 Å². The van der Waals surface area contributed by atoms with E-state index in [0.29, 0.717) is 22.1 Å². The molecule has 0 aliphatic carbocycles. The number of hydrogen-bond donors (Lipinski definition) is 2. The number of aromatic nitrogens is 1. The lowest BCUT2D eigenvalue weighted by atomic mass is 10.2. The first-order valence-electron chi connectivity index (χ1n) is 8.17. The van der Waals surface area contributed by atoms with Crippen LogP contribution in [0, 0.1) is 6.92 Å². The molecule has 10 heteroatoms. The number of aryl methyl sites for hydroxylation is 1. The van der Waals surface area contributed by atoms with Crippen molar-refractivity contribution in [2.45, 2.75) is 18.7 Å². The summed E-state index contributed by atoms with van der Waals surface area (Å²) in [5.41, 5.74) is 1.87. The van der Waals surface area contributed by atoms with E-state index in [2.05, 4.69) is 15.0 Å². The van der Waals surface area contributed by atoms with Crippen LogP contribution in [0.5, 0.6) is 11.5 Å². The van der Waals surface area contributed by atoms with Crippen molar-refractivity contribution < 1.29 is 22.7 Å². The van der Waals surface area contributed by atoms with E-state index in [0.717, 1.165) is 10.3 Å². The van der Waals surface area contributed by atoms with E-state index in [1.807, 2.05) is 6.92 Å². The van der Waals surface area contributed by atoms with E-state index >= 15 is 0 Å². The van der Waals surface area contributed by atoms with Gasteiger partial charge in [-0.15, -0.1) is 0 Å². The van der Waals surface area contributed by atoms with Gasteiger partial charge in [0.05, 0.1) is 30.1 Å². The lowest BCUT2D eigenvalue weighted by Gasteiger charge is -2.13. The number of amides is 1. The molecule has 3 rings (SSSR count). The second-order valence-corrected chi connectivity index (χ2v) is 8.64. The molecule has 0 atom stereocenters. The number of sulfonamides is 1. The third-order valence-electron chi connectivity index (χ3n) is 3.88. The number of anilines is 2. The normalized spacial score (nSPS) is 11.3. The van der Waals surface area contributed by atoms with Crippen LogP contribution < -0.4 is 19.5 Å². The summed E-state index contributed by atoms with van der Waals surface area (Å²) < 4.78 is 39.5. The molecule has 0 saturated carbocycles. The highest BCUT2D eigenvalue weighted by Crippen LogP contribution is 2.33. The van der Waals surface area contributed by atoms with Gasteiger partial charge in [-0.25, -0.2) is 13.4 Å². The molecule has 0 unspecified atom stereocenters. The summed E-state index contributed by atoms with van der Waals surface area (Å²) in [5, 5.41) is 3.10. The molecule has 0 aliphatic heterocycles. The molecule has 8 nitrogen and oxygen atoms in total. The van der Waals surface area contributed by atoms with Gasteiger partial charge in [-0.1, -0.05) is 11.3 Å². The number of carbonyl (C=O) groups is 1. The Balaban J connectivity index is 2.00. The van der Waals surface area contributed by atoms with Crippen molar-refractivity contribution in [3.8, 4) is 11.5 Å². The smallest absolute Gasteiger partial charge is 0.265 e. The number of ether oxygens (including phenoxy) is 2. The van der Waals surface area contributed by atoms with Gasteiger partial charge in [-0.3, -0.25) is 9.52 Å². The topological polar surface area (TPSA) is 107 Å². The van der Waals surface area contributed by atoms with Gasteiger partial charge in [0.1, 0.15) is 16.4 Å². The first-order chi connectivity index (χ1) is 13.2. The highest BCUT2D eigenvalue weighted by atomic mass is 32.2. The van der Waals surface area contributed by atoms with Crippen LogP contribution in [-0.4, -0.2) is 33.5 Å². The number of methoxy groups -OCH3 is 2. The SMILES string of the molecule is COc1ccc(OC)c(S(=O)(=O)Nc2cc(C)c3nc(NC(C)=O)sc3c2)c1. The Bertz CT molecular complexity index is 1160. The number of nitrogens with zero attached hydrogens (tertiary/aromatic N) is 1. The third-order valence-corrected chi connectivity index (χ3v) is 6.20. The molecule has 0 saturated heterocycles. The molecule has 1 heterocycles. The molecule has 2 N–H and O–H groups in total. The number of hydrogen-bond acceptors (Lipinski definition) is 7. The first-order valence-corrected chi connectivity index (χ1v) is 10.5. The summed E-state index contributed by atoms with van der Waals surface area (Å²) in [7, 11) is -1.07. The Hall–Kier alpha value is -2.85. The molecule has 0 aliphatic rings. The van der Waals surface area contributed by atoms with Crippen molar-refractivity contribution in [3.63, 3.8) is 0 Å². The Labute approximate surface area is 166 Å². The fraction of sp³-hybridized carbons (Fsp3) is 0.222. The zero-order chi connectivity index (χ0) is 20.5.